The highest BCUT2D eigenvalue weighted by Gasteiger charge is 2.23. The summed E-state index contributed by atoms with van der Waals surface area (Å²) in [5, 5.41) is 6.89. The van der Waals surface area contributed by atoms with Crippen LogP contribution < -0.4 is 0 Å². The Balaban J connectivity index is 1.40. The molecule has 0 aliphatic carbocycles. The number of fused-ring (bicyclic) bond motifs is 8. The maximum Gasteiger partial charge on any atom is 0.126 e. The van der Waals surface area contributed by atoms with Crippen molar-refractivity contribution >= 4 is 86.7 Å². The molecule has 0 aliphatic heterocycles. The zero-order valence-corrected chi connectivity index (χ0v) is 24.9. The van der Waals surface area contributed by atoms with Crippen LogP contribution in [0.4, 0.5) is 0 Å². The number of nitrogens with zero attached hydrogens (tertiary/aromatic N) is 4. The number of rotatable bonds is 3. The summed E-state index contributed by atoms with van der Waals surface area (Å²) in [5.74, 6) is 0. The fourth-order valence-electron chi connectivity index (χ4n) is 6.73. The second kappa shape index (κ2) is 9.10. The molecule has 4 nitrogen and oxygen atoms in total. The molecule has 0 atom stereocenters. The van der Waals surface area contributed by atoms with Gasteiger partial charge in [0.25, 0.3) is 0 Å². The largest absolute Gasteiger partial charge is 0.247 e. The van der Waals surface area contributed by atoms with Crippen LogP contribution in [0.2, 0.25) is 0 Å². The van der Waals surface area contributed by atoms with E-state index in [1.807, 2.05) is 0 Å². The minimum absolute atomic E-state index is 1.02. The van der Waals surface area contributed by atoms with Gasteiger partial charge in [0.1, 0.15) is 10.0 Å². The number of hydrogen-bond acceptors (Lipinski definition) is 4. The highest BCUT2D eigenvalue weighted by molar-refractivity contribution is 7.22. The van der Waals surface area contributed by atoms with E-state index in [1.54, 1.807) is 22.7 Å². The van der Waals surface area contributed by atoms with Gasteiger partial charge in [0.05, 0.1) is 42.5 Å². The normalized spacial score (nSPS) is 12.1. The lowest BCUT2D eigenvalue weighted by Gasteiger charge is -2.16. The van der Waals surface area contributed by atoms with Crippen LogP contribution in [0.15, 0.2) is 133 Å². The van der Waals surface area contributed by atoms with Gasteiger partial charge in [-0.15, -0.1) is 22.7 Å². The van der Waals surface area contributed by atoms with E-state index in [1.165, 1.54) is 30.9 Å². The fraction of sp³-hybridized carbons (Fsp3) is 0. The minimum atomic E-state index is 1.02. The van der Waals surface area contributed by atoms with E-state index in [4.69, 9.17) is 9.97 Å². The van der Waals surface area contributed by atoms with Crippen molar-refractivity contribution in [2.24, 2.45) is 0 Å². The standard InChI is InChI=1S/C38H22N4S2/c1-5-19-31-23(11-1)25-13-9-15-27(37-39-29-17-3-7-21-33(29)43-37)35(25)41(31)42-32-20-6-2-12-24(32)26-14-10-16-28(36(26)42)38-40-30-18-4-8-22-34(30)44-38/h1-22H. The van der Waals surface area contributed by atoms with Crippen molar-refractivity contribution in [1.29, 1.82) is 0 Å². The van der Waals surface area contributed by atoms with Crippen LogP contribution in [-0.2, 0) is 0 Å². The molecule has 4 aromatic heterocycles. The van der Waals surface area contributed by atoms with Gasteiger partial charge in [0, 0.05) is 32.7 Å². The Kier molecular flexibility index (Phi) is 5.00. The van der Waals surface area contributed by atoms with Crippen molar-refractivity contribution in [3.05, 3.63) is 133 Å². The van der Waals surface area contributed by atoms with Crippen LogP contribution in [0.1, 0.15) is 0 Å². The first-order valence-electron chi connectivity index (χ1n) is 14.6. The third-order valence-corrected chi connectivity index (χ3v) is 10.7. The van der Waals surface area contributed by atoms with Gasteiger partial charge in [-0.05, 0) is 48.5 Å². The molecule has 0 radical (unpaired) electrons. The van der Waals surface area contributed by atoms with Crippen LogP contribution in [0.5, 0.6) is 0 Å². The number of thiazole rings is 2. The van der Waals surface area contributed by atoms with E-state index in [-0.39, 0.29) is 0 Å². The summed E-state index contributed by atoms with van der Waals surface area (Å²) < 4.78 is 7.23. The van der Waals surface area contributed by atoms with Gasteiger partial charge in [0.2, 0.25) is 0 Å². The smallest absolute Gasteiger partial charge is 0.126 e. The molecule has 0 spiro atoms. The average Bonchev–Trinajstić information content (AvgIpc) is 3.85. The Morgan fingerprint density at radius 1 is 0.386 bits per heavy atom. The SMILES string of the molecule is c1ccc2sc(-c3cccc4c5ccccc5n(-n5c6ccccc6c6cccc(-c7nc8ccccc8s7)c65)c34)nc2c1. The highest BCUT2D eigenvalue weighted by atomic mass is 32.1. The molecule has 0 aliphatic rings. The Morgan fingerprint density at radius 2 is 0.795 bits per heavy atom. The van der Waals surface area contributed by atoms with Crippen LogP contribution in [0.3, 0.4) is 0 Å². The Bertz CT molecular complexity index is 2480. The molecule has 4 heterocycles. The summed E-state index contributed by atoms with van der Waals surface area (Å²) >= 11 is 3.50. The van der Waals surface area contributed by atoms with Gasteiger partial charge >= 0.3 is 0 Å². The topological polar surface area (TPSA) is 35.6 Å². The van der Waals surface area contributed by atoms with E-state index < -0.39 is 0 Å². The number of para-hydroxylation sites is 6. The molecule has 0 unspecified atom stereocenters. The van der Waals surface area contributed by atoms with Gasteiger partial charge in [0.15, 0.2) is 0 Å². The summed E-state index contributed by atoms with van der Waals surface area (Å²) in [6.07, 6.45) is 0. The maximum atomic E-state index is 5.13. The first-order chi connectivity index (χ1) is 21.8. The van der Waals surface area contributed by atoms with Crippen LogP contribution in [0.25, 0.3) is 85.2 Å². The molecular formula is C38H22N4S2. The van der Waals surface area contributed by atoms with Crippen molar-refractivity contribution < 1.29 is 0 Å². The van der Waals surface area contributed by atoms with Gasteiger partial charge in [-0.2, -0.15) is 0 Å². The van der Waals surface area contributed by atoms with E-state index in [9.17, 15) is 0 Å². The second-order valence-corrected chi connectivity index (χ2v) is 13.1. The summed E-state index contributed by atoms with van der Waals surface area (Å²) in [5.41, 5.74) is 8.91. The van der Waals surface area contributed by atoms with Gasteiger partial charge in [-0.3, -0.25) is 0 Å². The number of hydrogen-bond donors (Lipinski definition) is 0. The molecule has 0 amide bonds. The van der Waals surface area contributed by atoms with Gasteiger partial charge in [-0.25, -0.2) is 19.3 Å². The van der Waals surface area contributed by atoms with Crippen molar-refractivity contribution in [3.8, 4) is 21.1 Å². The van der Waals surface area contributed by atoms with Crippen molar-refractivity contribution in [1.82, 2.24) is 19.3 Å². The van der Waals surface area contributed by atoms with E-state index >= 15 is 0 Å². The predicted molar refractivity (Wildman–Crippen MR) is 187 cm³/mol. The highest BCUT2D eigenvalue weighted by Crippen LogP contribution is 2.43. The van der Waals surface area contributed by atoms with Crippen LogP contribution >= 0.6 is 22.7 Å². The number of aromatic nitrogens is 4. The Hall–Kier alpha value is -5.30. The first-order valence-corrected chi connectivity index (χ1v) is 16.2. The van der Waals surface area contributed by atoms with Gasteiger partial charge in [-0.1, -0.05) is 84.9 Å². The fourth-order valence-corrected chi connectivity index (χ4v) is 8.71. The average molecular weight is 599 g/mol. The molecule has 0 N–H and O–H groups in total. The second-order valence-electron chi connectivity index (χ2n) is 11.0. The molecular weight excluding hydrogens is 577 g/mol. The molecule has 6 heteroatoms. The van der Waals surface area contributed by atoms with Crippen LogP contribution in [0, 0.1) is 0 Å². The summed E-state index contributed by atoms with van der Waals surface area (Å²) in [7, 11) is 0. The van der Waals surface area contributed by atoms with E-state index in [0.717, 1.165) is 54.2 Å². The maximum absolute atomic E-state index is 5.13. The lowest BCUT2D eigenvalue weighted by Crippen LogP contribution is -2.09. The third kappa shape index (κ3) is 3.32. The predicted octanol–water partition coefficient (Wildman–Crippen LogP) is 10.8. The molecule has 0 saturated heterocycles. The van der Waals surface area contributed by atoms with Crippen molar-refractivity contribution in [2.75, 3.05) is 0 Å². The quantitative estimate of drug-likeness (QED) is 0.203. The molecule has 0 saturated carbocycles. The van der Waals surface area contributed by atoms with Crippen LogP contribution in [-0.4, -0.2) is 19.3 Å². The van der Waals surface area contributed by atoms with Crippen molar-refractivity contribution in [2.45, 2.75) is 0 Å². The minimum Gasteiger partial charge on any atom is -0.247 e. The monoisotopic (exact) mass is 598 g/mol. The molecule has 6 aromatic carbocycles. The third-order valence-electron chi connectivity index (χ3n) is 8.59. The molecule has 0 bridgehead atoms. The molecule has 10 rings (SSSR count). The van der Waals surface area contributed by atoms with E-state index in [0.29, 0.717) is 0 Å². The molecule has 10 aromatic rings. The molecule has 206 valence electrons. The van der Waals surface area contributed by atoms with E-state index in [2.05, 4.69) is 143 Å². The summed E-state index contributed by atoms with van der Waals surface area (Å²) in [6.45, 7) is 0. The summed E-state index contributed by atoms with van der Waals surface area (Å²) in [6, 6.07) is 47.5. The lowest BCUT2D eigenvalue weighted by molar-refractivity contribution is 0.776. The lowest BCUT2D eigenvalue weighted by atomic mass is 10.1. The zero-order chi connectivity index (χ0) is 28.8. The Morgan fingerprint density at radius 3 is 1.27 bits per heavy atom. The molecule has 0 fully saturated rings. The summed E-state index contributed by atoms with van der Waals surface area (Å²) in [4.78, 5) is 10.3. The zero-order valence-electron chi connectivity index (χ0n) is 23.3. The number of benzene rings is 6. The molecule has 44 heavy (non-hydrogen) atoms. The van der Waals surface area contributed by atoms with Gasteiger partial charge < -0.3 is 0 Å². The first kappa shape index (κ1) is 24.2. The Labute approximate surface area is 259 Å². The van der Waals surface area contributed by atoms with Crippen molar-refractivity contribution in [3.63, 3.8) is 0 Å².